The Morgan fingerprint density at radius 2 is 1.55 bits per heavy atom. The van der Waals surface area contributed by atoms with Gasteiger partial charge in [-0.2, -0.15) is 0 Å². The molecule has 1 fully saturated rings. The van der Waals surface area contributed by atoms with E-state index < -0.39 is 0 Å². The molecule has 0 bridgehead atoms. The minimum atomic E-state index is 0.907. The van der Waals surface area contributed by atoms with Crippen molar-refractivity contribution in [2.75, 3.05) is 26.2 Å². The number of piperazine rings is 1. The Morgan fingerprint density at radius 1 is 0.864 bits per heavy atom. The summed E-state index contributed by atoms with van der Waals surface area (Å²) in [5, 5.41) is 10.7. The molecule has 0 saturated carbocycles. The molecule has 0 aromatic heterocycles. The maximum Gasteiger partial charge on any atom is 0.0874 e. The summed E-state index contributed by atoms with van der Waals surface area (Å²) >= 11 is 0. The summed E-state index contributed by atoms with van der Waals surface area (Å²) in [5.74, 6) is 0. The second-order valence-corrected chi connectivity index (χ2v) is 5.74. The SMILES string of the molecule is Cc1ccc(CN2CCN(/N=N/c3ccccc3)CC2)cc1. The van der Waals surface area contributed by atoms with Crippen LogP contribution in [0.4, 0.5) is 5.69 Å². The topological polar surface area (TPSA) is 31.2 Å². The highest BCUT2D eigenvalue weighted by molar-refractivity contribution is 5.34. The second kappa shape index (κ2) is 7.18. The number of aryl methyl sites for hydroxylation is 1. The lowest BCUT2D eigenvalue weighted by atomic mass is 10.1. The molecule has 3 rings (SSSR count). The molecule has 4 heteroatoms. The van der Waals surface area contributed by atoms with Gasteiger partial charge in [0.25, 0.3) is 0 Å². The molecular formula is C18H22N4. The van der Waals surface area contributed by atoms with E-state index >= 15 is 0 Å². The lowest BCUT2D eigenvalue weighted by Crippen LogP contribution is -2.43. The maximum atomic E-state index is 4.34. The normalized spacial score (nSPS) is 16.3. The van der Waals surface area contributed by atoms with E-state index in [1.54, 1.807) is 0 Å². The van der Waals surface area contributed by atoms with Crippen LogP contribution in [0.25, 0.3) is 0 Å². The summed E-state index contributed by atoms with van der Waals surface area (Å²) < 4.78 is 0. The van der Waals surface area contributed by atoms with Gasteiger partial charge in [0.15, 0.2) is 0 Å². The van der Waals surface area contributed by atoms with E-state index in [4.69, 9.17) is 0 Å². The summed E-state index contributed by atoms with van der Waals surface area (Å²) in [6.07, 6.45) is 0. The highest BCUT2D eigenvalue weighted by atomic mass is 15.6. The van der Waals surface area contributed by atoms with Crippen molar-refractivity contribution in [3.63, 3.8) is 0 Å². The van der Waals surface area contributed by atoms with E-state index in [9.17, 15) is 0 Å². The van der Waals surface area contributed by atoms with Gasteiger partial charge in [-0.3, -0.25) is 9.91 Å². The van der Waals surface area contributed by atoms with Crippen molar-refractivity contribution < 1.29 is 0 Å². The van der Waals surface area contributed by atoms with Gasteiger partial charge in [0.05, 0.1) is 18.8 Å². The average molecular weight is 294 g/mol. The number of hydrogen-bond acceptors (Lipinski definition) is 3. The first-order valence-electron chi connectivity index (χ1n) is 7.79. The van der Waals surface area contributed by atoms with Crippen LogP contribution >= 0.6 is 0 Å². The molecule has 2 aromatic rings. The minimum absolute atomic E-state index is 0.907. The van der Waals surface area contributed by atoms with Gasteiger partial charge in [0.2, 0.25) is 0 Å². The van der Waals surface area contributed by atoms with E-state index in [2.05, 4.69) is 51.4 Å². The molecule has 114 valence electrons. The molecule has 1 aliphatic rings. The van der Waals surface area contributed by atoms with Crippen LogP contribution in [-0.2, 0) is 6.54 Å². The number of benzene rings is 2. The number of hydrogen-bond donors (Lipinski definition) is 0. The first kappa shape index (κ1) is 14.7. The fourth-order valence-electron chi connectivity index (χ4n) is 2.55. The second-order valence-electron chi connectivity index (χ2n) is 5.74. The number of nitrogens with zero attached hydrogens (tertiary/aromatic N) is 4. The van der Waals surface area contributed by atoms with Gasteiger partial charge in [0, 0.05) is 19.6 Å². The molecule has 0 aliphatic carbocycles. The van der Waals surface area contributed by atoms with E-state index in [-0.39, 0.29) is 0 Å². The largest absolute Gasteiger partial charge is 0.295 e. The van der Waals surface area contributed by atoms with Crippen molar-refractivity contribution in [2.45, 2.75) is 13.5 Å². The zero-order valence-electron chi connectivity index (χ0n) is 13.0. The van der Waals surface area contributed by atoms with Gasteiger partial charge in [-0.1, -0.05) is 53.3 Å². The van der Waals surface area contributed by atoms with Gasteiger partial charge in [-0.15, -0.1) is 5.11 Å². The summed E-state index contributed by atoms with van der Waals surface area (Å²) in [6, 6.07) is 18.7. The van der Waals surface area contributed by atoms with E-state index in [1.807, 2.05) is 30.3 Å². The van der Waals surface area contributed by atoms with Crippen LogP contribution in [0.1, 0.15) is 11.1 Å². The monoisotopic (exact) mass is 294 g/mol. The van der Waals surface area contributed by atoms with E-state index in [0.29, 0.717) is 0 Å². The Bertz CT molecular complexity index is 599. The van der Waals surface area contributed by atoms with Crippen LogP contribution in [0.3, 0.4) is 0 Å². The van der Waals surface area contributed by atoms with Crippen molar-refractivity contribution >= 4 is 5.69 Å². The van der Waals surface area contributed by atoms with Crippen molar-refractivity contribution in [3.05, 3.63) is 65.7 Å². The summed E-state index contributed by atoms with van der Waals surface area (Å²) in [7, 11) is 0. The number of rotatable bonds is 4. The highest BCUT2D eigenvalue weighted by Gasteiger charge is 2.15. The van der Waals surface area contributed by atoms with Crippen molar-refractivity contribution in [3.8, 4) is 0 Å². The van der Waals surface area contributed by atoms with E-state index in [1.165, 1.54) is 11.1 Å². The van der Waals surface area contributed by atoms with Crippen LogP contribution in [0, 0.1) is 6.92 Å². The van der Waals surface area contributed by atoms with Crippen LogP contribution in [-0.4, -0.2) is 36.1 Å². The Balaban J connectivity index is 1.48. The first-order chi connectivity index (χ1) is 10.8. The zero-order chi connectivity index (χ0) is 15.2. The third-order valence-electron chi connectivity index (χ3n) is 3.92. The molecular weight excluding hydrogens is 272 g/mol. The first-order valence-corrected chi connectivity index (χ1v) is 7.79. The molecule has 0 radical (unpaired) electrons. The molecule has 1 aliphatic heterocycles. The maximum absolute atomic E-state index is 4.34. The molecule has 1 heterocycles. The fraction of sp³-hybridized carbons (Fsp3) is 0.333. The molecule has 4 nitrogen and oxygen atoms in total. The smallest absolute Gasteiger partial charge is 0.0874 e. The Morgan fingerprint density at radius 3 is 2.23 bits per heavy atom. The van der Waals surface area contributed by atoms with Crippen molar-refractivity contribution in [1.29, 1.82) is 0 Å². The molecule has 2 aromatic carbocycles. The van der Waals surface area contributed by atoms with Gasteiger partial charge in [-0.05, 0) is 24.6 Å². The Kier molecular flexibility index (Phi) is 4.81. The van der Waals surface area contributed by atoms with E-state index in [0.717, 1.165) is 38.4 Å². The molecule has 0 unspecified atom stereocenters. The third-order valence-corrected chi connectivity index (χ3v) is 3.92. The average Bonchev–Trinajstić information content (AvgIpc) is 2.57. The lowest BCUT2D eigenvalue weighted by Gasteiger charge is -2.32. The van der Waals surface area contributed by atoms with Crippen LogP contribution in [0.15, 0.2) is 64.9 Å². The quantitative estimate of drug-likeness (QED) is 0.803. The zero-order valence-corrected chi connectivity index (χ0v) is 13.0. The standard InChI is InChI=1S/C18H22N4/c1-16-7-9-17(10-8-16)15-21-11-13-22(14-12-21)20-19-18-5-3-2-4-6-18/h2-10H,11-15H2,1H3/b20-19+. The highest BCUT2D eigenvalue weighted by Crippen LogP contribution is 2.13. The molecule has 0 spiro atoms. The molecule has 0 amide bonds. The fourth-order valence-corrected chi connectivity index (χ4v) is 2.55. The van der Waals surface area contributed by atoms with Gasteiger partial charge in [0.1, 0.15) is 0 Å². The predicted octanol–water partition coefficient (Wildman–Crippen LogP) is 3.81. The van der Waals surface area contributed by atoms with Crippen molar-refractivity contribution in [1.82, 2.24) is 9.91 Å². The van der Waals surface area contributed by atoms with Crippen LogP contribution < -0.4 is 0 Å². The van der Waals surface area contributed by atoms with Gasteiger partial charge < -0.3 is 0 Å². The Hall–Kier alpha value is -2.20. The molecule has 1 saturated heterocycles. The molecule has 0 N–H and O–H groups in total. The summed E-state index contributed by atoms with van der Waals surface area (Å²) in [5.41, 5.74) is 3.60. The summed E-state index contributed by atoms with van der Waals surface area (Å²) in [6.45, 7) is 7.07. The molecule has 22 heavy (non-hydrogen) atoms. The predicted molar refractivity (Wildman–Crippen MR) is 89.0 cm³/mol. The lowest BCUT2D eigenvalue weighted by molar-refractivity contribution is 0.124. The third kappa shape index (κ3) is 4.15. The minimum Gasteiger partial charge on any atom is -0.295 e. The van der Waals surface area contributed by atoms with Gasteiger partial charge in [-0.25, -0.2) is 0 Å². The van der Waals surface area contributed by atoms with Crippen LogP contribution in [0.5, 0.6) is 0 Å². The molecule has 0 atom stereocenters. The van der Waals surface area contributed by atoms with Gasteiger partial charge >= 0.3 is 0 Å². The summed E-state index contributed by atoms with van der Waals surface area (Å²) in [4.78, 5) is 2.47. The van der Waals surface area contributed by atoms with Crippen molar-refractivity contribution in [2.24, 2.45) is 10.3 Å². The Labute approximate surface area is 132 Å². The van der Waals surface area contributed by atoms with Crippen LogP contribution in [0.2, 0.25) is 0 Å².